The molecule has 2 aromatic carbocycles. The van der Waals surface area contributed by atoms with Crippen molar-refractivity contribution in [2.75, 3.05) is 39.3 Å². The fraction of sp³-hybridized carbons (Fsp3) is 0.458. The number of phenolic OH excluding ortho intramolecular Hbond substituents is 1. The van der Waals surface area contributed by atoms with E-state index in [1.807, 2.05) is 0 Å². The summed E-state index contributed by atoms with van der Waals surface area (Å²) in [5, 5.41) is 39.0. The van der Waals surface area contributed by atoms with Crippen LogP contribution in [-0.2, 0) is 67.2 Å². The van der Waals surface area contributed by atoms with E-state index < -0.39 is 127 Å². The Balaban J connectivity index is 1.49. The molecule has 406 valence electrons. The fourth-order valence-electron chi connectivity index (χ4n) is 7.86. The Labute approximate surface area is 431 Å². The highest BCUT2D eigenvalue weighted by atomic mass is 16.4. The van der Waals surface area contributed by atoms with Crippen LogP contribution in [0.2, 0.25) is 0 Å². The number of aliphatic imine (C=N–C) groups is 1. The van der Waals surface area contributed by atoms with Crippen LogP contribution in [0.4, 0.5) is 0 Å². The van der Waals surface area contributed by atoms with Crippen molar-refractivity contribution in [1.29, 1.82) is 0 Å². The number of phenols is 1. The maximum Gasteiger partial charge on any atom is 0.322 e. The van der Waals surface area contributed by atoms with E-state index in [9.17, 15) is 53.1 Å². The van der Waals surface area contributed by atoms with Crippen LogP contribution in [0.25, 0.3) is 0 Å². The third kappa shape index (κ3) is 20.1. The van der Waals surface area contributed by atoms with Crippen LogP contribution in [0.1, 0.15) is 56.4 Å². The third-order valence-electron chi connectivity index (χ3n) is 11.7. The van der Waals surface area contributed by atoms with E-state index in [2.05, 4.69) is 57.5 Å². The van der Waals surface area contributed by atoms with Gasteiger partial charge in [-0.2, -0.15) is 0 Å². The van der Waals surface area contributed by atoms with Gasteiger partial charge < -0.3 is 79.8 Å². The zero-order valence-corrected chi connectivity index (χ0v) is 41.6. The van der Waals surface area contributed by atoms with Gasteiger partial charge in [-0.15, -0.1) is 0 Å². The Morgan fingerprint density at radius 3 is 1.95 bits per heavy atom. The number of carboxylic acid groups (broad SMARTS) is 1. The lowest BCUT2D eigenvalue weighted by molar-refractivity contribution is -0.142. The number of carbonyl (C=O) groups excluding carboxylic acids is 9. The second-order valence-electron chi connectivity index (χ2n) is 17.9. The summed E-state index contributed by atoms with van der Waals surface area (Å²) in [7, 11) is 0. The number of carboxylic acids is 1. The molecule has 0 saturated carbocycles. The number of benzene rings is 2. The number of aliphatic carboxylic acids is 1. The van der Waals surface area contributed by atoms with Gasteiger partial charge in [0.2, 0.25) is 53.2 Å². The first-order valence-corrected chi connectivity index (χ1v) is 24.1. The molecule has 0 radical (unpaired) electrons. The number of hydrogen-bond donors (Lipinski definition) is 14. The summed E-state index contributed by atoms with van der Waals surface area (Å²) in [6, 6.07) is 7.10. The average Bonchev–Trinajstić information content (AvgIpc) is 4.10. The van der Waals surface area contributed by atoms with Crippen molar-refractivity contribution >= 4 is 65.1 Å². The number of H-pyrrole nitrogens is 1. The molecule has 6 atom stereocenters. The summed E-state index contributed by atoms with van der Waals surface area (Å²) in [6.45, 7) is 1.19. The highest BCUT2D eigenvalue weighted by molar-refractivity contribution is 5.98. The average molecular weight is 1050 g/mol. The van der Waals surface area contributed by atoms with Crippen LogP contribution < -0.4 is 59.7 Å². The van der Waals surface area contributed by atoms with Gasteiger partial charge >= 0.3 is 5.97 Å². The lowest BCUT2D eigenvalue weighted by Crippen LogP contribution is -2.59. The summed E-state index contributed by atoms with van der Waals surface area (Å²) in [4.78, 5) is 144. The normalized spacial score (nSPS) is 14.9. The van der Waals surface area contributed by atoms with E-state index in [-0.39, 0.29) is 63.3 Å². The highest BCUT2D eigenvalue weighted by Gasteiger charge is 2.39. The van der Waals surface area contributed by atoms with Gasteiger partial charge in [-0.25, -0.2) is 4.98 Å². The van der Waals surface area contributed by atoms with Gasteiger partial charge in [0, 0.05) is 44.2 Å². The van der Waals surface area contributed by atoms with Crippen LogP contribution in [0.15, 0.2) is 72.1 Å². The summed E-state index contributed by atoms with van der Waals surface area (Å²) >= 11 is 0. The largest absolute Gasteiger partial charge is 0.508 e. The molecule has 9 amide bonds. The van der Waals surface area contributed by atoms with Gasteiger partial charge in [0.25, 0.3) is 0 Å². The Morgan fingerprint density at radius 1 is 0.720 bits per heavy atom. The quantitative estimate of drug-likeness (QED) is 0.0178. The molecule has 1 aliphatic heterocycles. The Bertz CT molecular complexity index is 2470. The first kappa shape index (κ1) is 58.9. The maximum absolute atomic E-state index is 14.4. The van der Waals surface area contributed by atoms with Gasteiger partial charge in [0.05, 0.1) is 26.0 Å². The zero-order valence-electron chi connectivity index (χ0n) is 41.6. The molecule has 0 bridgehead atoms. The maximum atomic E-state index is 14.4. The molecule has 2 heterocycles. The van der Waals surface area contributed by atoms with Gasteiger partial charge in [-0.05, 0) is 54.9 Å². The van der Waals surface area contributed by atoms with Crippen LogP contribution in [-0.4, -0.2) is 166 Å². The van der Waals surface area contributed by atoms with Crippen LogP contribution >= 0.6 is 0 Å². The number of aromatic nitrogens is 2. The number of nitrogens with two attached hydrogens (primary N) is 3. The van der Waals surface area contributed by atoms with Crippen molar-refractivity contribution in [2.45, 2.75) is 95.0 Å². The molecule has 1 aliphatic rings. The van der Waals surface area contributed by atoms with Crippen LogP contribution in [0.5, 0.6) is 5.75 Å². The summed E-state index contributed by atoms with van der Waals surface area (Å²) in [6.07, 6.45) is 3.46. The predicted octanol–water partition coefficient (Wildman–Crippen LogP) is -4.34. The lowest BCUT2D eigenvalue weighted by atomic mass is 10.00. The number of amides is 9. The van der Waals surface area contributed by atoms with Crippen LogP contribution in [0.3, 0.4) is 0 Å². The second-order valence-corrected chi connectivity index (χ2v) is 17.9. The molecule has 75 heavy (non-hydrogen) atoms. The minimum absolute atomic E-state index is 0.00498. The lowest BCUT2D eigenvalue weighted by Gasteiger charge is -2.30. The second kappa shape index (κ2) is 29.8. The third-order valence-corrected chi connectivity index (χ3v) is 11.7. The molecule has 27 heteroatoms. The monoisotopic (exact) mass is 1050 g/mol. The number of nitrogens with zero attached hydrogens (tertiary/aromatic N) is 3. The highest BCUT2D eigenvalue weighted by Crippen LogP contribution is 2.21. The first-order chi connectivity index (χ1) is 35.7. The molecule has 4 rings (SSSR count). The van der Waals surface area contributed by atoms with Crippen molar-refractivity contribution in [1.82, 2.24) is 57.4 Å². The van der Waals surface area contributed by atoms with Gasteiger partial charge in [-0.1, -0.05) is 56.3 Å². The number of aromatic amines is 1. The Hall–Kier alpha value is -8.62. The zero-order chi connectivity index (χ0) is 55.0. The van der Waals surface area contributed by atoms with E-state index in [0.29, 0.717) is 23.2 Å². The molecule has 0 aliphatic carbocycles. The molecule has 0 spiro atoms. The van der Waals surface area contributed by atoms with E-state index in [1.165, 1.54) is 41.7 Å². The minimum Gasteiger partial charge on any atom is -0.508 e. The molecular weight excluding hydrogens is 979 g/mol. The number of rotatable bonds is 29. The van der Waals surface area contributed by atoms with Crippen molar-refractivity contribution in [3.63, 3.8) is 0 Å². The molecule has 3 aromatic rings. The predicted molar refractivity (Wildman–Crippen MR) is 269 cm³/mol. The number of carbonyl (C=O) groups is 10. The molecule has 0 unspecified atom stereocenters. The first-order valence-electron chi connectivity index (χ1n) is 24.1. The SMILES string of the molecule is CC(C)[C@H](NC(=O)[C@H](CCCN=C(N)N)NC(=O)CN)C(=O)N[C@@H](Cc1ccc(O)cc1)C(=O)NCC(=O)N[C@@H](Cc1cnc[nH]1)C(=O)N1CCC[C@H]1C(=O)N[C@@H](Cc1ccccc1)C(=O)NCC(=O)NCC(=O)O. The summed E-state index contributed by atoms with van der Waals surface area (Å²) in [5.74, 6) is -8.75. The van der Waals surface area contributed by atoms with Gasteiger partial charge in [0.1, 0.15) is 48.5 Å². The van der Waals surface area contributed by atoms with E-state index in [4.69, 9.17) is 22.3 Å². The van der Waals surface area contributed by atoms with E-state index >= 15 is 0 Å². The minimum atomic E-state index is -1.37. The molecule has 1 saturated heterocycles. The number of likely N-dealkylation sites (tertiary alicyclic amines) is 1. The number of aromatic hydroxyl groups is 1. The number of hydrogen-bond acceptors (Lipinski definition) is 14. The Morgan fingerprint density at radius 2 is 1.35 bits per heavy atom. The smallest absolute Gasteiger partial charge is 0.322 e. The van der Waals surface area contributed by atoms with Gasteiger partial charge in [0.15, 0.2) is 5.96 Å². The van der Waals surface area contributed by atoms with E-state index in [1.54, 1.807) is 44.2 Å². The van der Waals surface area contributed by atoms with Crippen LogP contribution in [0, 0.1) is 5.92 Å². The Kier molecular flexibility index (Phi) is 23.4. The number of nitrogens with one attached hydrogen (secondary N) is 9. The number of guanidine groups is 1. The standard InChI is InChI=1S/C48H67N15O12/c1-27(2)41(62-44(72)32(58-37(65)21-49)10-6-16-53-48(50)51)46(74)61-34(19-29-12-14-31(64)15-13-29)43(71)56-24-39(67)59-35(20-30-22-52-26-57-30)47(75)63-17-7-11-36(63)45(73)60-33(18-28-8-4-3-5-9-28)42(70)55-23-38(66)54-25-40(68)69/h3-5,8-9,12-15,22,26-27,32-36,41,64H,6-7,10-11,16-21,23-25,49H2,1-2H3,(H,52,57)(H,54,66)(H,55,70)(H,56,71)(H,58,65)(H,59,67)(H,60,73)(H,61,74)(H,62,72)(H,68,69)(H4,50,51,53)/t32-,33-,34-,35-,36-,41-/m0/s1. The van der Waals surface area contributed by atoms with Crippen molar-refractivity contribution in [2.24, 2.45) is 28.1 Å². The fourth-order valence-corrected chi connectivity index (χ4v) is 7.86. The molecule has 1 fully saturated rings. The van der Waals surface area contributed by atoms with Gasteiger partial charge in [-0.3, -0.25) is 52.9 Å². The van der Waals surface area contributed by atoms with Crippen molar-refractivity contribution < 1.29 is 58.2 Å². The molecule has 27 nitrogen and oxygen atoms in total. The van der Waals surface area contributed by atoms with Crippen molar-refractivity contribution in [3.8, 4) is 5.75 Å². The topological polar surface area (TPSA) is 430 Å². The molecule has 17 N–H and O–H groups in total. The number of imidazole rings is 1. The van der Waals surface area contributed by atoms with Crippen molar-refractivity contribution in [3.05, 3.63) is 83.9 Å². The van der Waals surface area contributed by atoms with E-state index in [0.717, 1.165) is 0 Å². The summed E-state index contributed by atoms with van der Waals surface area (Å²) < 4.78 is 0. The summed E-state index contributed by atoms with van der Waals surface area (Å²) in [5.41, 5.74) is 17.9. The molecular formula is C48H67N15O12. The molecule has 1 aromatic heterocycles.